The summed E-state index contributed by atoms with van der Waals surface area (Å²) in [6.07, 6.45) is 0.461. The second-order valence-corrected chi connectivity index (χ2v) is 8.36. The first kappa shape index (κ1) is 16.2. The van der Waals surface area contributed by atoms with Gasteiger partial charge in [0.05, 0.1) is 18.6 Å². The fourth-order valence-electron chi connectivity index (χ4n) is 3.18. The van der Waals surface area contributed by atoms with Crippen molar-refractivity contribution in [2.45, 2.75) is 6.42 Å². The summed E-state index contributed by atoms with van der Waals surface area (Å²) in [6, 6.07) is 15.5. The Kier molecular flexibility index (Phi) is 3.85. The molecule has 0 spiro atoms. The minimum atomic E-state index is -3.30. The molecule has 4 nitrogen and oxygen atoms in total. The molecule has 1 aliphatic heterocycles. The van der Waals surface area contributed by atoms with Crippen molar-refractivity contribution in [1.29, 1.82) is 0 Å². The zero-order valence-corrected chi connectivity index (χ0v) is 15.1. The van der Waals surface area contributed by atoms with Gasteiger partial charge in [-0.3, -0.25) is 4.72 Å². The van der Waals surface area contributed by atoms with E-state index in [4.69, 9.17) is 16.3 Å². The summed E-state index contributed by atoms with van der Waals surface area (Å²) < 4.78 is 32.0. The zero-order valence-electron chi connectivity index (χ0n) is 13.5. The van der Waals surface area contributed by atoms with Gasteiger partial charge in [-0.25, -0.2) is 8.42 Å². The minimum absolute atomic E-state index is 0.0807. The lowest BCUT2D eigenvalue weighted by molar-refractivity contribution is 0.415. The van der Waals surface area contributed by atoms with Gasteiger partial charge in [0.1, 0.15) is 5.75 Å². The second kappa shape index (κ2) is 5.93. The number of hydrogen-bond acceptors (Lipinski definition) is 3. The summed E-state index contributed by atoms with van der Waals surface area (Å²) in [6.45, 7) is 0. The van der Waals surface area contributed by atoms with E-state index < -0.39 is 10.0 Å². The average molecular weight is 374 g/mol. The van der Waals surface area contributed by atoms with Gasteiger partial charge in [-0.05, 0) is 58.7 Å². The molecular weight excluding hydrogens is 358 g/mol. The maximum Gasteiger partial charge on any atom is 0.233 e. The molecule has 0 atom stereocenters. The van der Waals surface area contributed by atoms with Crippen LogP contribution in [0.15, 0.2) is 48.5 Å². The Morgan fingerprint density at radius 1 is 1.04 bits per heavy atom. The first-order valence-corrected chi connectivity index (χ1v) is 9.89. The number of aryl methyl sites for hydroxylation is 1. The van der Waals surface area contributed by atoms with Crippen molar-refractivity contribution in [2.24, 2.45) is 0 Å². The Bertz CT molecular complexity index is 1090. The third kappa shape index (κ3) is 3.05. The van der Waals surface area contributed by atoms with Crippen LogP contribution in [0.2, 0.25) is 5.02 Å². The van der Waals surface area contributed by atoms with Crippen molar-refractivity contribution < 1.29 is 13.2 Å². The predicted molar refractivity (Wildman–Crippen MR) is 102 cm³/mol. The molecule has 0 unspecified atom stereocenters. The van der Waals surface area contributed by atoms with Crippen molar-refractivity contribution in [2.75, 3.05) is 17.6 Å². The fraction of sp³-hybridized carbons (Fsp3) is 0.158. The molecule has 1 aliphatic rings. The van der Waals surface area contributed by atoms with E-state index in [0.29, 0.717) is 17.1 Å². The van der Waals surface area contributed by atoms with Crippen LogP contribution in [0.25, 0.3) is 21.9 Å². The fourth-order valence-corrected chi connectivity index (χ4v) is 4.56. The largest absolute Gasteiger partial charge is 0.497 e. The molecule has 1 N–H and O–H groups in total. The molecule has 0 aliphatic carbocycles. The number of nitrogens with one attached hydrogen (secondary N) is 1. The maximum absolute atomic E-state index is 12.0. The highest BCUT2D eigenvalue weighted by Crippen LogP contribution is 2.38. The Morgan fingerprint density at radius 2 is 1.80 bits per heavy atom. The van der Waals surface area contributed by atoms with Gasteiger partial charge in [0.2, 0.25) is 10.0 Å². The molecule has 6 heteroatoms. The molecule has 25 heavy (non-hydrogen) atoms. The van der Waals surface area contributed by atoms with E-state index in [1.165, 1.54) is 0 Å². The van der Waals surface area contributed by atoms with Crippen molar-refractivity contribution in [3.63, 3.8) is 0 Å². The van der Waals surface area contributed by atoms with Crippen LogP contribution in [-0.2, 0) is 16.4 Å². The highest BCUT2D eigenvalue weighted by molar-refractivity contribution is 7.92. The number of benzene rings is 3. The van der Waals surface area contributed by atoms with Crippen LogP contribution in [-0.4, -0.2) is 21.3 Å². The van der Waals surface area contributed by atoms with Gasteiger partial charge >= 0.3 is 0 Å². The third-order valence-electron chi connectivity index (χ3n) is 4.44. The van der Waals surface area contributed by atoms with E-state index in [1.54, 1.807) is 13.2 Å². The monoisotopic (exact) mass is 373 g/mol. The van der Waals surface area contributed by atoms with Crippen LogP contribution in [0.1, 0.15) is 5.56 Å². The summed E-state index contributed by atoms with van der Waals surface area (Å²) in [5.74, 6) is 0.880. The smallest absolute Gasteiger partial charge is 0.233 e. The molecule has 3 aromatic rings. The number of hydrogen-bond donors (Lipinski definition) is 1. The van der Waals surface area contributed by atoms with Gasteiger partial charge in [0.15, 0.2) is 0 Å². The number of ether oxygens (including phenoxy) is 1. The van der Waals surface area contributed by atoms with Crippen molar-refractivity contribution >= 4 is 38.1 Å². The standard InChI is InChI=1S/C19H16ClNO3S/c1-24-17-5-4-12-8-14(3-2-13(12)10-17)18-11-16(20)9-15-6-7-25(22,23)21-19(15)18/h2-5,8-11,21H,6-7H2,1H3. The van der Waals surface area contributed by atoms with E-state index in [0.717, 1.165) is 33.2 Å². The van der Waals surface area contributed by atoms with E-state index >= 15 is 0 Å². The SMILES string of the molecule is COc1ccc2cc(-c3cc(Cl)cc4c3NS(=O)(=O)CC4)ccc2c1. The second-order valence-electron chi connectivity index (χ2n) is 6.09. The van der Waals surface area contributed by atoms with Crippen LogP contribution in [0.3, 0.4) is 0 Å². The molecule has 0 aromatic heterocycles. The van der Waals surface area contributed by atoms with Crippen LogP contribution in [0.5, 0.6) is 5.75 Å². The molecule has 0 fully saturated rings. The van der Waals surface area contributed by atoms with Gasteiger partial charge < -0.3 is 4.74 Å². The molecule has 3 aromatic carbocycles. The first-order valence-electron chi connectivity index (χ1n) is 7.86. The van der Waals surface area contributed by atoms with Crippen molar-refractivity contribution in [1.82, 2.24) is 0 Å². The summed E-state index contributed by atoms with van der Waals surface area (Å²) >= 11 is 6.27. The van der Waals surface area contributed by atoms with Gasteiger partial charge in [-0.2, -0.15) is 0 Å². The van der Waals surface area contributed by atoms with Crippen LogP contribution >= 0.6 is 11.6 Å². The average Bonchev–Trinajstić information content (AvgIpc) is 2.60. The lowest BCUT2D eigenvalue weighted by atomic mass is 9.96. The summed E-state index contributed by atoms with van der Waals surface area (Å²) in [7, 11) is -1.66. The molecule has 0 saturated heterocycles. The Morgan fingerprint density at radius 3 is 2.60 bits per heavy atom. The Balaban J connectivity index is 1.90. The molecule has 0 amide bonds. The zero-order chi connectivity index (χ0) is 17.6. The minimum Gasteiger partial charge on any atom is -0.497 e. The number of methoxy groups -OCH3 is 1. The topological polar surface area (TPSA) is 55.4 Å². The quantitative estimate of drug-likeness (QED) is 0.721. The maximum atomic E-state index is 12.0. The first-order chi connectivity index (χ1) is 11.9. The molecule has 0 radical (unpaired) electrons. The van der Waals surface area contributed by atoms with Crippen molar-refractivity contribution in [3.05, 3.63) is 59.1 Å². The number of sulfonamides is 1. The molecule has 1 heterocycles. The van der Waals surface area contributed by atoms with Gasteiger partial charge in [0.25, 0.3) is 0 Å². The van der Waals surface area contributed by atoms with E-state index in [1.807, 2.05) is 42.5 Å². The summed E-state index contributed by atoms with van der Waals surface area (Å²) in [5.41, 5.74) is 3.26. The molecule has 128 valence electrons. The van der Waals surface area contributed by atoms with Crippen molar-refractivity contribution in [3.8, 4) is 16.9 Å². The Hall–Kier alpha value is -2.24. The molecule has 0 saturated carbocycles. The van der Waals surface area contributed by atoms with E-state index in [2.05, 4.69) is 4.72 Å². The van der Waals surface area contributed by atoms with Crippen LogP contribution < -0.4 is 9.46 Å². The van der Waals surface area contributed by atoms with Gasteiger partial charge in [0, 0.05) is 10.6 Å². The van der Waals surface area contributed by atoms with Crippen LogP contribution in [0.4, 0.5) is 5.69 Å². The normalized spacial score (nSPS) is 15.4. The Labute approximate surface area is 151 Å². The summed E-state index contributed by atoms with van der Waals surface area (Å²) in [5, 5.41) is 2.70. The predicted octanol–water partition coefficient (Wildman–Crippen LogP) is 4.47. The van der Waals surface area contributed by atoms with Gasteiger partial charge in [-0.15, -0.1) is 0 Å². The lowest BCUT2D eigenvalue weighted by Crippen LogP contribution is -2.24. The highest BCUT2D eigenvalue weighted by atomic mass is 35.5. The molecule has 0 bridgehead atoms. The molecule has 4 rings (SSSR count). The van der Waals surface area contributed by atoms with Gasteiger partial charge in [-0.1, -0.05) is 29.8 Å². The third-order valence-corrected chi connectivity index (χ3v) is 5.92. The summed E-state index contributed by atoms with van der Waals surface area (Å²) in [4.78, 5) is 0. The lowest BCUT2D eigenvalue weighted by Gasteiger charge is -2.22. The van der Waals surface area contributed by atoms with E-state index in [9.17, 15) is 8.42 Å². The number of rotatable bonds is 2. The highest BCUT2D eigenvalue weighted by Gasteiger charge is 2.23. The number of anilines is 1. The van der Waals surface area contributed by atoms with Crippen LogP contribution in [0, 0.1) is 0 Å². The van der Waals surface area contributed by atoms with E-state index in [-0.39, 0.29) is 5.75 Å². The number of fused-ring (bicyclic) bond motifs is 2. The molecular formula is C19H16ClNO3S. The number of halogens is 1.